The molecule has 3 rings (SSSR count). The highest BCUT2D eigenvalue weighted by Gasteiger charge is 2.17. The molecule has 0 bridgehead atoms. The molecule has 0 unspecified atom stereocenters. The van der Waals surface area contributed by atoms with E-state index in [-0.39, 0.29) is 5.56 Å². The number of para-hydroxylation sites is 1. The molecule has 0 atom stereocenters. The number of carboxylic acids is 1. The summed E-state index contributed by atoms with van der Waals surface area (Å²) < 4.78 is 6.86. The zero-order valence-electron chi connectivity index (χ0n) is 11.6. The first-order valence-corrected chi connectivity index (χ1v) is 6.81. The number of nitrogens with zero attached hydrogens (tertiary/aromatic N) is 3. The number of carboxylic acid groups (broad SMARTS) is 1. The molecule has 1 aromatic carbocycles. The number of hydrogen-bond acceptors (Lipinski definition) is 4. The molecule has 0 saturated heterocycles. The smallest absolute Gasteiger partial charge is 0.337 e. The maximum Gasteiger partial charge on any atom is 0.337 e. The Morgan fingerprint density at radius 1 is 1.38 bits per heavy atom. The van der Waals surface area contributed by atoms with E-state index >= 15 is 0 Å². The number of aryl methyl sites for hydroxylation is 1. The fraction of sp³-hybridized carbons (Fsp3) is 0.267. The molecule has 3 aromatic rings. The van der Waals surface area contributed by atoms with Crippen LogP contribution >= 0.6 is 0 Å². The second kappa shape index (κ2) is 5.40. The Bertz CT molecular complexity index is 775. The summed E-state index contributed by atoms with van der Waals surface area (Å²) in [7, 11) is 0. The van der Waals surface area contributed by atoms with Crippen LogP contribution in [0.5, 0.6) is 0 Å². The Hall–Kier alpha value is -2.63. The maximum atomic E-state index is 11.3. The molecule has 0 spiro atoms. The summed E-state index contributed by atoms with van der Waals surface area (Å²) in [6.45, 7) is 2.59. The number of carbonyl (C=O) groups is 1. The lowest BCUT2D eigenvalue weighted by atomic mass is 10.2. The maximum absolute atomic E-state index is 11.3. The highest BCUT2D eigenvalue weighted by Crippen LogP contribution is 2.22. The van der Waals surface area contributed by atoms with Gasteiger partial charge in [-0.2, -0.15) is 0 Å². The highest BCUT2D eigenvalue weighted by atomic mass is 16.5. The molecule has 1 N–H and O–H groups in total. The molecule has 2 heterocycles. The van der Waals surface area contributed by atoms with Crippen LogP contribution in [0.15, 0.2) is 35.1 Å². The third kappa shape index (κ3) is 2.40. The molecule has 6 nitrogen and oxygen atoms in total. The van der Waals surface area contributed by atoms with Crippen molar-refractivity contribution >= 4 is 17.0 Å². The Morgan fingerprint density at radius 2 is 2.24 bits per heavy atom. The van der Waals surface area contributed by atoms with Gasteiger partial charge < -0.3 is 14.2 Å². The van der Waals surface area contributed by atoms with E-state index in [4.69, 9.17) is 4.52 Å². The molecule has 0 fully saturated rings. The minimum Gasteiger partial charge on any atom is -0.478 e. The zero-order chi connectivity index (χ0) is 14.8. The minimum atomic E-state index is -0.963. The van der Waals surface area contributed by atoms with Crippen molar-refractivity contribution in [1.82, 2.24) is 14.7 Å². The Labute approximate surface area is 121 Å². The summed E-state index contributed by atoms with van der Waals surface area (Å²) in [6.07, 6.45) is 3.24. The van der Waals surface area contributed by atoms with Crippen molar-refractivity contribution in [2.24, 2.45) is 0 Å². The van der Waals surface area contributed by atoms with Crippen LogP contribution in [-0.2, 0) is 13.0 Å². The molecule has 2 aromatic heterocycles. The summed E-state index contributed by atoms with van der Waals surface area (Å²) in [6, 6.07) is 6.99. The van der Waals surface area contributed by atoms with E-state index in [1.165, 1.54) is 6.26 Å². The minimum absolute atomic E-state index is 0.226. The molecular formula is C15H15N3O3. The first-order chi connectivity index (χ1) is 10.2. The number of imidazole rings is 1. The number of fused-ring (bicyclic) bond motifs is 1. The van der Waals surface area contributed by atoms with Gasteiger partial charge >= 0.3 is 5.97 Å². The zero-order valence-corrected chi connectivity index (χ0v) is 11.6. The molecule has 0 aliphatic rings. The summed E-state index contributed by atoms with van der Waals surface area (Å²) in [5.74, 6) is -0.0982. The monoisotopic (exact) mass is 285 g/mol. The second-order valence-electron chi connectivity index (χ2n) is 4.83. The van der Waals surface area contributed by atoms with Gasteiger partial charge in [-0.05, 0) is 18.6 Å². The molecular weight excluding hydrogens is 270 g/mol. The number of hydrogen-bond donors (Lipinski definition) is 1. The summed E-state index contributed by atoms with van der Waals surface area (Å²) >= 11 is 0. The highest BCUT2D eigenvalue weighted by molar-refractivity contribution is 6.01. The molecule has 0 saturated carbocycles. The van der Waals surface area contributed by atoms with Gasteiger partial charge in [0, 0.05) is 12.5 Å². The van der Waals surface area contributed by atoms with E-state index in [1.807, 2.05) is 10.6 Å². The quantitative estimate of drug-likeness (QED) is 0.779. The first-order valence-electron chi connectivity index (χ1n) is 6.81. The van der Waals surface area contributed by atoms with Gasteiger partial charge in [0.15, 0.2) is 0 Å². The normalized spacial score (nSPS) is 11.1. The van der Waals surface area contributed by atoms with E-state index in [9.17, 15) is 9.90 Å². The number of benzene rings is 1. The topological polar surface area (TPSA) is 81.1 Å². The average Bonchev–Trinajstić information content (AvgIpc) is 3.08. The van der Waals surface area contributed by atoms with Gasteiger partial charge in [-0.25, -0.2) is 9.78 Å². The van der Waals surface area contributed by atoms with Gasteiger partial charge in [-0.3, -0.25) is 0 Å². The predicted molar refractivity (Wildman–Crippen MR) is 76.3 cm³/mol. The van der Waals surface area contributed by atoms with Crippen LogP contribution in [0.25, 0.3) is 11.0 Å². The number of aromatic carboxylic acids is 1. The lowest BCUT2D eigenvalue weighted by Crippen LogP contribution is -2.05. The average molecular weight is 285 g/mol. The van der Waals surface area contributed by atoms with Gasteiger partial charge in [-0.15, -0.1) is 0 Å². The molecule has 108 valence electrons. The summed E-state index contributed by atoms with van der Waals surface area (Å²) in [4.78, 5) is 15.9. The molecule has 6 heteroatoms. The predicted octanol–water partition coefficient (Wildman–Crippen LogP) is 2.72. The van der Waals surface area contributed by atoms with E-state index in [1.54, 1.807) is 18.2 Å². The van der Waals surface area contributed by atoms with Crippen LogP contribution in [-0.4, -0.2) is 25.8 Å². The van der Waals surface area contributed by atoms with Crippen LogP contribution in [0.3, 0.4) is 0 Å². The summed E-state index contributed by atoms with van der Waals surface area (Å²) in [5.41, 5.74) is 2.34. The molecule has 0 amide bonds. The number of rotatable bonds is 5. The van der Waals surface area contributed by atoms with Crippen molar-refractivity contribution in [2.75, 3.05) is 0 Å². The van der Waals surface area contributed by atoms with Gasteiger partial charge in [0.1, 0.15) is 23.3 Å². The lowest BCUT2D eigenvalue weighted by molar-refractivity contribution is 0.0699. The third-order valence-electron chi connectivity index (χ3n) is 3.37. The van der Waals surface area contributed by atoms with Gasteiger partial charge in [-0.1, -0.05) is 18.1 Å². The molecule has 0 aliphatic carbocycles. The van der Waals surface area contributed by atoms with E-state index in [0.29, 0.717) is 12.1 Å². The fourth-order valence-corrected chi connectivity index (χ4v) is 2.44. The van der Waals surface area contributed by atoms with E-state index < -0.39 is 5.97 Å². The molecule has 0 radical (unpaired) electrons. The van der Waals surface area contributed by atoms with Crippen molar-refractivity contribution in [2.45, 2.75) is 26.3 Å². The Kier molecular flexibility index (Phi) is 3.43. The number of aromatic nitrogens is 3. The third-order valence-corrected chi connectivity index (χ3v) is 3.37. The molecule has 21 heavy (non-hydrogen) atoms. The van der Waals surface area contributed by atoms with Crippen LogP contribution in [0, 0.1) is 0 Å². The molecule has 0 aliphatic heterocycles. The van der Waals surface area contributed by atoms with Crippen molar-refractivity contribution in [3.63, 3.8) is 0 Å². The van der Waals surface area contributed by atoms with Crippen molar-refractivity contribution < 1.29 is 14.4 Å². The van der Waals surface area contributed by atoms with Crippen LogP contribution in [0.4, 0.5) is 0 Å². The van der Waals surface area contributed by atoms with Crippen molar-refractivity contribution in [1.29, 1.82) is 0 Å². The fourth-order valence-electron chi connectivity index (χ4n) is 2.44. The van der Waals surface area contributed by atoms with Crippen LogP contribution in [0.2, 0.25) is 0 Å². The van der Waals surface area contributed by atoms with Crippen molar-refractivity contribution in [3.8, 4) is 0 Å². The van der Waals surface area contributed by atoms with Crippen LogP contribution in [0.1, 0.15) is 35.2 Å². The van der Waals surface area contributed by atoms with Gasteiger partial charge in [0.25, 0.3) is 0 Å². The first kappa shape index (κ1) is 13.4. The standard InChI is InChI=1S/C15H15N3O3/c1-2-4-13-16-14-11(15(19)20)5-3-6-12(14)18(13)9-10-7-8-21-17-10/h3,5-8H,2,4,9H2,1H3,(H,19,20). The SMILES string of the molecule is CCCc1nc2c(C(=O)O)cccc2n1Cc1ccon1. The largest absolute Gasteiger partial charge is 0.478 e. The van der Waals surface area contributed by atoms with E-state index in [2.05, 4.69) is 17.1 Å². The lowest BCUT2D eigenvalue weighted by Gasteiger charge is -2.06. The Balaban J connectivity index is 2.17. The second-order valence-corrected chi connectivity index (χ2v) is 4.83. The van der Waals surface area contributed by atoms with Gasteiger partial charge in [0.05, 0.1) is 17.6 Å². The van der Waals surface area contributed by atoms with Gasteiger partial charge in [0.2, 0.25) is 0 Å². The van der Waals surface area contributed by atoms with Crippen LogP contribution < -0.4 is 0 Å². The Morgan fingerprint density at radius 3 is 2.90 bits per heavy atom. The van der Waals surface area contributed by atoms with Crippen molar-refractivity contribution in [3.05, 3.63) is 47.6 Å². The summed E-state index contributed by atoms with van der Waals surface area (Å²) in [5, 5.41) is 13.2. The van der Waals surface area contributed by atoms with E-state index in [0.717, 1.165) is 29.9 Å².